The maximum atomic E-state index is 9.27. The first kappa shape index (κ1) is 5.25. The minimum atomic E-state index is -0.313. The van der Waals surface area contributed by atoms with Crippen LogP contribution in [-0.2, 0) is 0 Å². The monoisotopic (exact) mass is 123 g/mol. The van der Waals surface area contributed by atoms with Crippen molar-refractivity contribution in [3.05, 3.63) is 0 Å². The number of aliphatic hydroxyl groups excluding tert-OH is 1. The molecule has 0 aromatic heterocycles. The fraction of sp³-hybridized carbons (Fsp3) is 0.857. The zero-order valence-electron chi connectivity index (χ0n) is 5.17. The van der Waals surface area contributed by atoms with Crippen molar-refractivity contribution in [1.29, 1.82) is 5.26 Å². The molecule has 9 heavy (non-hydrogen) atoms. The van der Waals surface area contributed by atoms with Crippen molar-refractivity contribution in [2.45, 2.75) is 25.4 Å². The average Bonchev–Trinajstić information content (AvgIpc) is 2.17. The third-order valence-corrected chi connectivity index (χ3v) is 2.72. The molecule has 2 heteroatoms. The van der Waals surface area contributed by atoms with Gasteiger partial charge < -0.3 is 5.11 Å². The van der Waals surface area contributed by atoms with Crippen LogP contribution in [0.15, 0.2) is 0 Å². The van der Waals surface area contributed by atoms with Crippen LogP contribution in [0.25, 0.3) is 0 Å². The lowest BCUT2D eigenvalue weighted by atomic mass is 9.70. The van der Waals surface area contributed by atoms with E-state index in [1.807, 2.05) is 0 Å². The van der Waals surface area contributed by atoms with Gasteiger partial charge in [-0.15, -0.1) is 0 Å². The Morgan fingerprint density at radius 2 is 2.22 bits per heavy atom. The SMILES string of the molecule is N#CC12CC(CC1O)C2. The van der Waals surface area contributed by atoms with Crippen LogP contribution in [0.4, 0.5) is 0 Å². The fourth-order valence-corrected chi connectivity index (χ4v) is 2.12. The van der Waals surface area contributed by atoms with Crippen LogP contribution in [-0.4, -0.2) is 11.2 Å². The summed E-state index contributed by atoms with van der Waals surface area (Å²) < 4.78 is 0. The summed E-state index contributed by atoms with van der Waals surface area (Å²) >= 11 is 0. The minimum absolute atomic E-state index is 0.301. The Morgan fingerprint density at radius 1 is 1.56 bits per heavy atom. The number of rotatable bonds is 0. The topological polar surface area (TPSA) is 44.0 Å². The second-order valence-electron chi connectivity index (χ2n) is 3.29. The van der Waals surface area contributed by atoms with E-state index in [0.717, 1.165) is 19.3 Å². The van der Waals surface area contributed by atoms with Crippen LogP contribution in [0.1, 0.15) is 19.3 Å². The molecular weight excluding hydrogens is 114 g/mol. The normalized spacial score (nSPS) is 54.2. The quantitative estimate of drug-likeness (QED) is 0.514. The Hall–Kier alpha value is -0.550. The number of hydrogen-bond acceptors (Lipinski definition) is 2. The third-order valence-electron chi connectivity index (χ3n) is 2.72. The second-order valence-corrected chi connectivity index (χ2v) is 3.29. The number of nitrogens with zero attached hydrogens (tertiary/aromatic N) is 1. The van der Waals surface area contributed by atoms with E-state index in [1.54, 1.807) is 0 Å². The van der Waals surface area contributed by atoms with E-state index in [4.69, 9.17) is 5.26 Å². The van der Waals surface area contributed by atoms with Crippen molar-refractivity contribution >= 4 is 0 Å². The first-order valence-corrected chi connectivity index (χ1v) is 3.36. The van der Waals surface area contributed by atoms with Crippen molar-refractivity contribution in [3.8, 4) is 6.07 Å². The molecule has 0 heterocycles. The molecule has 3 rings (SSSR count). The molecule has 2 bridgehead atoms. The Balaban J connectivity index is 2.27. The Labute approximate surface area is 54.1 Å². The van der Waals surface area contributed by atoms with Gasteiger partial charge in [0.15, 0.2) is 0 Å². The zero-order valence-corrected chi connectivity index (χ0v) is 5.17. The molecule has 3 aliphatic carbocycles. The van der Waals surface area contributed by atoms with Gasteiger partial charge in [-0.3, -0.25) is 0 Å². The van der Waals surface area contributed by atoms with Gasteiger partial charge in [0.25, 0.3) is 0 Å². The average molecular weight is 123 g/mol. The van der Waals surface area contributed by atoms with Gasteiger partial charge in [0.1, 0.15) is 0 Å². The van der Waals surface area contributed by atoms with E-state index in [2.05, 4.69) is 6.07 Å². The van der Waals surface area contributed by atoms with Gasteiger partial charge >= 0.3 is 0 Å². The summed E-state index contributed by atoms with van der Waals surface area (Å²) in [5.74, 6) is 0.666. The molecule has 3 fully saturated rings. The molecule has 1 N–H and O–H groups in total. The van der Waals surface area contributed by atoms with Crippen LogP contribution in [0, 0.1) is 22.7 Å². The zero-order chi connectivity index (χ0) is 6.48. The summed E-state index contributed by atoms with van der Waals surface area (Å²) in [6.45, 7) is 0. The van der Waals surface area contributed by atoms with Crippen LogP contribution < -0.4 is 0 Å². The number of aliphatic hydroxyl groups is 1. The van der Waals surface area contributed by atoms with Crippen LogP contribution in [0.2, 0.25) is 0 Å². The van der Waals surface area contributed by atoms with Crippen LogP contribution >= 0.6 is 0 Å². The Morgan fingerprint density at radius 3 is 2.44 bits per heavy atom. The van der Waals surface area contributed by atoms with Crippen molar-refractivity contribution in [3.63, 3.8) is 0 Å². The molecule has 3 aliphatic rings. The molecule has 0 radical (unpaired) electrons. The largest absolute Gasteiger partial charge is 0.391 e. The lowest BCUT2D eigenvalue weighted by Gasteiger charge is -2.32. The van der Waals surface area contributed by atoms with Crippen molar-refractivity contribution in [1.82, 2.24) is 0 Å². The highest BCUT2D eigenvalue weighted by Gasteiger charge is 2.57. The van der Waals surface area contributed by atoms with Gasteiger partial charge in [0.2, 0.25) is 0 Å². The molecule has 3 saturated carbocycles. The van der Waals surface area contributed by atoms with E-state index >= 15 is 0 Å². The summed E-state index contributed by atoms with van der Waals surface area (Å²) in [5.41, 5.74) is -0.301. The van der Waals surface area contributed by atoms with E-state index < -0.39 is 0 Å². The van der Waals surface area contributed by atoms with E-state index in [9.17, 15) is 5.11 Å². The van der Waals surface area contributed by atoms with E-state index in [-0.39, 0.29) is 11.5 Å². The van der Waals surface area contributed by atoms with Crippen LogP contribution in [0.3, 0.4) is 0 Å². The molecule has 48 valence electrons. The van der Waals surface area contributed by atoms with Crippen molar-refractivity contribution in [2.24, 2.45) is 11.3 Å². The molecule has 0 aromatic rings. The molecule has 1 atom stereocenters. The number of hydrogen-bond donors (Lipinski definition) is 1. The summed E-state index contributed by atoms with van der Waals surface area (Å²) in [5, 5.41) is 17.9. The molecular formula is C7H9NO. The molecule has 0 aromatic carbocycles. The number of nitriles is 1. The summed E-state index contributed by atoms with van der Waals surface area (Å²) in [4.78, 5) is 0. The minimum Gasteiger partial charge on any atom is -0.391 e. The van der Waals surface area contributed by atoms with Gasteiger partial charge in [-0.25, -0.2) is 0 Å². The van der Waals surface area contributed by atoms with E-state index in [1.165, 1.54) is 0 Å². The number of fused-ring (bicyclic) bond motifs is 1. The smallest absolute Gasteiger partial charge is 0.0837 e. The first-order chi connectivity index (χ1) is 4.27. The lowest BCUT2D eigenvalue weighted by molar-refractivity contribution is 0.0783. The van der Waals surface area contributed by atoms with Gasteiger partial charge in [-0.2, -0.15) is 5.26 Å². The Bertz CT molecular complexity index is 176. The summed E-state index contributed by atoms with van der Waals surface area (Å²) in [6, 6.07) is 2.21. The maximum absolute atomic E-state index is 9.27. The molecule has 1 unspecified atom stereocenters. The van der Waals surface area contributed by atoms with Crippen LogP contribution in [0.5, 0.6) is 0 Å². The van der Waals surface area contributed by atoms with E-state index in [0.29, 0.717) is 5.92 Å². The maximum Gasteiger partial charge on any atom is 0.0837 e. The molecule has 2 nitrogen and oxygen atoms in total. The molecule has 0 saturated heterocycles. The highest BCUT2D eigenvalue weighted by Crippen LogP contribution is 2.58. The second kappa shape index (κ2) is 1.30. The van der Waals surface area contributed by atoms with Gasteiger partial charge in [0.05, 0.1) is 17.6 Å². The van der Waals surface area contributed by atoms with Gasteiger partial charge in [-0.1, -0.05) is 0 Å². The molecule has 0 amide bonds. The van der Waals surface area contributed by atoms with Crippen molar-refractivity contribution < 1.29 is 5.11 Å². The summed E-state index contributed by atoms with van der Waals surface area (Å²) in [7, 11) is 0. The predicted molar refractivity (Wildman–Crippen MR) is 31.4 cm³/mol. The first-order valence-electron chi connectivity index (χ1n) is 3.36. The van der Waals surface area contributed by atoms with Gasteiger partial charge in [0, 0.05) is 0 Å². The lowest BCUT2D eigenvalue weighted by Crippen LogP contribution is -2.32. The summed E-state index contributed by atoms with van der Waals surface area (Å²) in [6.07, 6.45) is 2.45. The van der Waals surface area contributed by atoms with Crippen molar-refractivity contribution in [2.75, 3.05) is 0 Å². The fourth-order valence-electron chi connectivity index (χ4n) is 2.12. The Kier molecular flexibility index (Phi) is 0.758. The standard InChI is InChI=1S/C7H9NO/c8-4-7-2-5(3-7)1-6(7)9/h5-6,9H,1-3H2. The predicted octanol–water partition coefficient (Wildman–Crippen LogP) is 0.671. The molecule has 0 spiro atoms. The third kappa shape index (κ3) is 0.439. The highest BCUT2D eigenvalue weighted by molar-refractivity contribution is 5.17. The van der Waals surface area contributed by atoms with Gasteiger partial charge in [-0.05, 0) is 25.2 Å². The molecule has 0 aliphatic heterocycles. The highest BCUT2D eigenvalue weighted by atomic mass is 16.3.